The first-order chi connectivity index (χ1) is 8.27. The normalized spacial score (nSPS) is 10.9. The molecule has 1 heterocycles. The van der Waals surface area contributed by atoms with E-state index in [2.05, 4.69) is 6.07 Å². The van der Waals surface area contributed by atoms with Crippen LogP contribution in [0.1, 0.15) is 0 Å². The first kappa shape index (κ1) is 10.0. The summed E-state index contributed by atoms with van der Waals surface area (Å²) >= 11 is 0. The lowest BCUT2D eigenvalue weighted by Gasteiger charge is -2.06. The Hall–Kier alpha value is -2.16. The topological polar surface area (TPSA) is 4.93 Å². The Bertz CT molecular complexity index is 686. The molecule has 0 amide bonds. The van der Waals surface area contributed by atoms with Crippen LogP contribution in [0.15, 0.2) is 48.7 Å². The van der Waals surface area contributed by atoms with E-state index >= 15 is 0 Å². The van der Waals surface area contributed by atoms with E-state index in [1.807, 2.05) is 18.2 Å². The minimum Gasteiger partial charge on any atom is -0.314 e. The van der Waals surface area contributed by atoms with E-state index in [0.29, 0.717) is 0 Å². The maximum atomic E-state index is 13.7. The molecule has 0 aliphatic heterocycles. The molecule has 17 heavy (non-hydrogen) atoms. The summed E-state index contributed by atoms with van der Waals surface area (Å²) in [5.74, 6) is -1.68. The number of rotatable bonds is 1. The molecule has 0 bridgehead atoms. The van der Waals surface area contributed by atoms with E-state index in [1.54, 1.807) is 22.9 Å². The van der Waals surface area contributed by atoms with Crippen LogP contribution in [0.4, 0.5) is 8.78 Å². The van der Waals surface area contributed by atoms with Crippen LogP contribution < -0.4 is 0 Å². The number of benzene rings is 2. The third kappa shape index (κ3) is 1.51. The van der Waals surface area contributed by atoms with Crippen molar-refractivity contribution in [1.29, 1.82) is 0 Å². The quantitative estimate of drug-likeness (QED) is 0.598. The Balaban J connectivity index is 2.31. The van der Waals surface area contributed by atoms with Gasteiger partial charge in [-0.25, -0.2) is 8.78 Å². The number of nitrogens with zero attached hydrogens (tertiary/aromatic N) is 1. The largest absolute Gasteiger partial charge is 0.314 e. The summed E-state index contributed by atoms with van der Waals surface area (Å²) in [7, 11) is 0. The Morgan fingerprint density at radius 1 is 1.06 bits per heavy atom. The zero-order valence-electron chi connectivity index (χ0n) is 8.82. The molecule has 0 unspecified atom stereocenters. The highest BCUT2D eigenvalue weighted by Crippen LogP contribution is 2.22. The van der Waals surface area contributed by atoms with Gasteiger partial charge >= 0.3 is 0 Å². The minimum absolute atomic E-state index is 0.214. The number of aromatic nitrogens is 1. The summed E-state index contributed by atoms with van der Waals surface area (Å²) in [6, 6.07) is 14.3. The van der Waals surface area contributed by atoms with Crippen molar-refractivity contribution in [2.45, 2.75) is 0 Å². The summed E-state index contributed by atoms with van der Waals surface area (Å²) in [5.41, 5.74) is 1.04. The summed E-state index contributed by atoms with van der Waals surface area (Å²) in [5, 5.41) is 0.941. The molecule has 0 aliphatic carbocycles. The van der Waals surface area contributed by atoms with Gasteiger partial charge in [-0.15, -0.1) is 0 Å². The zero-order valence-corrected chi connectivity index (χ0v) is 8.82. The number of hydrogen-bond acceptors (Lipinski definition) is 0. The molecule has 0 atom stereocenters. The van der Waals surface area contributed by atoms with Crippen LogP contribution in [-0.2, 0) is 0 Å². The van der Waals surface area contributed by atoms with Gasteiger partial charge in [-0.05, 0) is 36.4 Å². The van der Waals surface area contributed by atoms with Crippen LogP contribution in [0.3, 0.4) is 0 Å². The van der Waals surface area contributed by atoms with E-state index in [1.165, 1.54) is 6.07 Å². The maximum absolute atomic E-state index is 13.7. The molecule has 0 fully saturated rings. The third-order valence-electron chi connectivity index (χ3n) is 2.73. The first-order valence-electron chi connectivity index (χ1n) is 5.19. The molecule has 0 saturated carbocycles. The number of fused-ring (bicyclic) bond motifs is 1. The molecule has 0 N–H and O–H groups in total. The van der Waals surface area contributed by atoms with Crippen LogP contribution in [0.5, 0.6) is 0 Å². The highest BCUT2D eigenvalue weighted by Gasteiger charge is 2.10. The molecule has 0 spiro atoms. The number of hydrogen-bond donors (Lipinski definition) is 0. The van der Waals surface area contributed by atoms with E-state index in [0.717, 1.165) is 17.0 Å². The SMILES string of the molecule is Fc1cccc(-n2ccc3c[c]ccc32)c1F. The van der Waals surface area contributed by atoms with Gasteiger partial charge in [0.15, 0.2) is 11.6 Å². The molecule has 3 heteroatoms. The molecule has 1 aromatic heterocycles. The van der Waals surface area contributed by atoms with Gasteiger partial charge in [0.25, 0.3) is 0 Å². The van der Waals surface area contributed by atoms with Gasteiger partial charge in [0, 0.05) is 11.6 Å². The second kappa shape index (κ2) is 3.70. The molecular weight excluding hydrogens is 220 g/mol. The zero-order chi connectivity index (χ0) is 11.8. The van der Waals surface area contributed by atoms with Crippen molar-refractivity contribution >= 4 is 10.9 Å². The van der Waals surface area contributed by atoms with Gasteiger partial charge in [0.05, 0.1) is 11.2 Å². The van der Waals surface area contributed by atoms with Crippen molar-refractivity contribution in [1.82, 2.24) is 4.57 Å². The van der Waals surface area contributed by atoms with Crippen LogP contribution in [0.25, 0.3) is 16.6 Å². The van der Waals surface area contributed by atoms with E-state index in [4.69, 9.17) is 0 Å². The molecular formula is C14H8F2N. The highest BCUT2D eigenvalue weighted by molar-refractivity contribution is 5.81. The molecule has 2 aromatic carbocycles. The lowest BCUT2D eigenvalue weighted by atomic mass is 10.2. The summed E-state index contributed by atoms with van der Waals surface area (Å²) in [6.07, 6.45) is 1.72. The van der Waals surface area contributed by atoms with E-state index in [-0.39, 0.29) is 5.69 Å². The van der Waals surface area contributed by atoms with Crippen LogP contribution >= 0.6 is 0 Å². The fourth-order valence-corrected chi connectivity index (χ4v) is 1.91. The monoisotopic (exact) mass is 228 g/mol. The Labute approximate surface area is 96.9 Å². The van der Waals surface area contributed by atoms with E-state index in [9.17, 15) is 8.78 Å². The average Bonchev–Trinajstić information content (AvgIpc) is 2.77. The molecule has 0 saturated heterocycles. The first-order valence-corrected chi connectivity index (χ1v) is 5.19. The predicted molar refractivity (Wildman–Crippen MR) is 62.0 cm³/mol. The van der Waals surface area contributed by atoms with Gasteiger partial charge in [-0.3, -0.25) is 0 Å². The van der Waals surface area contributed by atoms with Crippen LogP contribution in [-0.4, -0.2) is 4.57 Å². The van der Waals surface area contributed by atoms with Crippen LogP contribution in [0, 0.1) is 17.7 Å². The minimum atomic E-state index is -0.841. The second-order valence-electron chi connectivity index (χ2n) is 3.74. The second-order valence-corrected chi connectivity index (χ2v) is 3.74. The predicted octanol–water partition coefficient (Wildman–Crippen LogP) is 3.71. The summed E-state index contributed by atoms with van der Waals surface area (Å²) in [4.78, 5) is 0. The van der Waals surface area contributed by atoms with Crippen LogP contribution in [0.2, 0.25) is 0 Å². The fourth-order valence-electron chi connectivity index (χ4n) is 1.91. The summed E-state index contributed by atoms with van der Waals surface area (Å²) in [6.45, 7) is 0. The Morgan fingerprint density at radius 2 is 1.94 bits per heavy atom. The van der Waals surface area contributed by atoms with Gasteiger partial charge in [-0.1, -0.05) is 12.1 Å². The van der Waals surface area contributed by atoms with Gasteiger partial charge < -0.3 is 4.57 Å². The van der Waals surface area contributed by atoms with Gasteiger partial charge in [-0.2, -0.15) is 0 Å². The Kier molecular flexibility index (Phi) is 2.18. The summed E-state index contributed by atoms with van der Waals surface area (Å²) < 4.78 is 28.5. The lowest BCUT2D eigenvalue weighted by Crippen LogP contribution is -1.98. The lowest BCUT2D eigenvalue weighted by molar-refractivity contribution is 0.505. The molecule has 83 valence electrons. The van der Waals surface area contributed by atoms with Crippen molar-refractivity contribution in [2.24, 2.45) is 0 Å². The van der Waals surface area contributed by atoms with Crippen molar-refractivity contribution in [3.63, 3.8) is 0 Å². The average molecular weight is 228 g/mol. The number of halogens is 2. The fraction of sp³-hybridized carbons (Fsp3) is 0. The molecule has 0 aliphatic rings. The highest BCUT2D eigenvalue weighted by atomic mass is 19.2. The molecule has 3 rings (SSSR count). The maximum Gasteiger partial charge on any atom is 0.182 e. The van der Waals surface area contributed by atoms with Crippen molar-refractivity contribution in [3.05, 3.63) is 66.4 Å². The Morgan fingerprint density at radius 3 is 2.82 bits per heavy atom. The standard InChI is InChI=1S/C14H8F2N/c15-11-5-3-7-13(14(11)16)17-9-8-10-4-1-2-6-12(10)17/h2-9H. The molecule has 1 radical (unpaired) electrons. The molecule has 1 nitrogen and oxygen atoms in total. The smallest absolute Gasteiger partial charge is 0.182 e. The van der Waals surface area contributed by atoms with Crippen molar-refractivity contribution in [2.75, 3.05) is 0 Å². The van der Waals surface area contributed by atoms with Crippen molar-refractivity contribution in [3.8, 4) is 5.69 Å². The van der Waals surface area contributed by atoms with Gasteiger partial charge in [0.2, 0.25) is 0 Å². The molecule has 3 aromatic rings. The van der Waals surface area contributed by atoms with Gasteiger partial charge in [0.1, 0.15) is 0 Å². The van der Waals surface area contributed by atoms with Crippen molar-refractivity contribution < 1.29 is 8.78 Å². The third-order valence-corrected chi connectivity index (χ3v) is 2.73. The van der Waals surface area contributed by atoms with E-state index < -0.39 is 11.6 Å².